The molecule has 1 aromatic rings. The first-order chi connectivity index (χ1) is 8.70. The van der Waals surface area contributed by atoms with Crippen molar-refractivity contribution in [3.05, 3.63) is 16.6 Å². The van der Waals surface area contributed by atoms with Gasteiger partial charge in [0.15, 0.2) is 11.6 Å². The first-order valence-corrected chi connectivity index (χ1v) is 5.76. The maximum absolute atomic E-state index is 11.9. The number of piperidine rings is 1. The molecule has 8 nitrogen and oxygen atoms in total. The van der Waals surface area contributed by atoms with Crippen LogP contribution in [0.1, 0.15) is 19.3 Å². The number of azide groups is 1. The second-order valence-electron chi connectivity index (χ2n) is 4.10. The van der Waals surface area contributed by atoms with Crippen LogP contribution in [0.3, 0.4) is 0 Å². The van der Waals surface area contributed by atoms with Crippen molar-refractivity contribution in [3.8, 4) is 5.75 Å². The lowest BCUT2D eigenvalue weighted by Gasteiger charge is -2.25. The van der Waals surface area contributed by atoms with Gasteiger partial charge in [0.1, 0.15) is 0 Å². The number of rotatable bonds is 2. The first-order valence-electron chi connectivity index (χ1n) is 5.76. The molecule has 1 aliphatic rings. The predicted molar refractivity (Wildman–Crippen MR) is 63.5 cm³/mol. The Hall–Kier alpha value is -2.21. The average Bonchev–Trinajstić information content (AvgIpc) is 2.71. The van der Waals surface area contributed by atoms with E-state index >= 15 is 0 Å². The lowest BCUT2D eigenvalue weighted by Crippen LogP contribution is -2.37. The normalized spacial score (nSPS) is 15.1. The van der Waals surface area contributed by atoms with Gasteiger partial charge in [-0.1, -0.05) is 0 Å². The number of ether oxygens (including phenoxy) is 1. The fourth-order valence-corrected chi connectivity index (χ4v) is 1.87. The molecule has 0 spiro atoms. The van der Waals surface area contributed by atoms with Gasteiger partial charge in [0.05, 0.1) is 6.20 Å². The Kier molecular flexibility index (Phi) is 3.69. The van der Waals surface area contributed by atoms with Crippen LogP contribution in [-0.4, -0.2) is 33.9 Å². The molecule has 1 saturated heterocycles. The molecule has 1 amide bonds. The predicted octanol–water partition coefficient (Wildman–Crippen LogP) is 2.35. The van der Waals surface area contributed by atoms with E-state index in [0.717, 1.165) is 19.3 Å². The average molecular weight is 250 g/mol. The Labute approximate surface area is 104 Å². The topological polar surface area (TPSA) is 96.1 Å². The number of carbonyl (C=O) groups excluding carboxylic acids is 1. The molecule has 0 N–H and O–H groups in total. The van der Waals surface area contributed by atoms with Crippen molar-refractivity contribution in [2.45, 2.75) is 19.3 Å². The number of carbonyl (C=O) groups is 1. The highest BCUT2D eigenvalue weighted by molar-refractivity contribution is 5.72. The van der Waals surface area contributed by atoms with E-state index in [-0.39, 0.29) is 11.6 Å². The number of aromatic nitrogens is 2. The quantitative estimate of drug-likeness (QED) is 0.457. The van der Waals surface area contributed by atoms with Crippen molar-refractivity contribution in [2.24, 2.45) is 12.2 Å². The largest absolute Gasteiger partial charge is 0.415 e. The Balaban J connectivity index is 2.08. The first kappa shape index (κ1) is 12.3. The molecule has 0 aliphatic carbocycles. The zero-order chi connectivity index (χ0) is 13.0. The second kappa shape index (κ2) is 5.42. The molecule has 0 unspecified atom stereocenters. The van der Waals surface area contributed by atoms with Gasteiger partial charge in [-0.15, -0.1) is 0 Å². The van der Waals surface area contributed by atoms with Crippen molar-refractivity contribution in [3.63, 3.8) is 0 Å². The Morgan fingerprint density at radius 1 is 1.50 bits per heavy atom. The summed E-state index contributed by atoms with van der Waals surface area (Å²) in [4.78, 5) is 16.2. The van der Waals surface area contributed by atoms with Crippen LogP contribution in [0, 0.1) is 0 Å². The summed E-state index contributed by atoms with van der Waals surface area (Å²) in [5.41, 5.74) is 8.39. The fraction of sp³-hybridized carbons (Fsp3) is 0.600. The van der Waals surface area contributed by atoms with Gasteiger partial charge in [-0.05, 0) is 29.9 Å². The van der Waals surface area contributed by atoms with E-state index in [1.807, 2.05) is 0 Å². The molecule has 0 aromatic carbocycles. The van der Waals surface area contributed by atoms with E-state index in [1.54, 1.807) is 11.9 Å². The summed E-state index contributed by atoms with van der Waals surface area (Å²) >= 11 is 0. The maximum Gasteiger partial charge on any atom is 0.415 e. The fourth-order valence-electron chi connectivity index (χ4n) is 1.87. The van der Waals surface area contributed by atoms with Crippen LogP contribution in [-0.2, 0) is 7.05 Å². The van der Waals surface area contributed by atoms with Crippen molar-refractivity contribution in [1.29, 1.82) is 0 Å². The number of nitrogens with zero attached hydrogens (tertiary/aromatic N) is 6. The van der Waals surface area contributed by atoms with Gasteiger partial charge in [-0.3, -0.25) is 4.68 Å². The van der Waals surface area contributed by atoms with Crippen LogP contribution < -0.4 is 4.74 Å². The summed E-state index contributed by atoms with van der Waals surface area (Å²) in [6, 6.07) is 0. The highest BCUT2D eigenvalue weighted by atomic mass is 16.6. The van der Waals surface area contributed by atoms with Crippen LogP contribution in [0.5, 0.6) is 5.75 Å². The van der Waals surface area contributed by atoms with Crippen molar-refractivity contribution < 1.29 is 9.53 Å². The van der Waals surface area contributed by atoms with Gasteiger partial charge < -0.3 is 9.64 Å². The number of likely N-dealkylation sites (tertiary alicyclic amines) is 1. The van der Waals surface area contributed by atoms with E-state index in [0.29, 0.717) is 13.1 Å². The van der Waals surface area contributed by atoms with Gasteiger partial charge in [0.2, 0.25) is 0 Å². The molecule has 1 fully saturated rings. The number of aryl methyl sites for hydroxylation is 1. The molecule has 96 valence electrons. The summed E-state index contributed by atoms with van der Waals surface area (Å²) < 4.78 is 6.63. The van der Waals surface area contributed by atoms with E-state index in [9.17, 15) is 4.79 Å². The van der Waals surface area contributed by atoms with Gasteiger partial charge in [-0.2, -0.15) is 5.10 Å². The van der Waals surface area contributed by atoms with E-state index < -0.39 is 6.09 Å². The molecular weight excluding hydrogens is 236 g/mol. The third-order valence-electron chi connectivity index (χ3n) is 2.73. The maximum atomic E-state index is 11.9. The molecule has 2 rings (SSSR count). The monoisotopic (exact) mass is 250 g/mol. The third kappa shape index (κ3) is 2.72. The molecular formula is C10H14N6O2. The summed E-state index contributed by atoms with van der Waals surface area (Å²) in [5.74, 6) is 0.260. The zero-order valence-corrected chi connectivity index (χ0v) is 10.1. The molecule has 1 aromatic heterocycles. The summed E-state index contributed by atoms with van der Waals surface area (Å²) in [6.45, 7) is 1.41. The summed E-state index contributed by atoms with van der Waals surface area (Å²) in [5, 5.41) is 7.28. The van der Waals surface area contributed by atoms with Gasteiger partial charge >= 0.3 is 6.09 Å². The number of hydrogen-bond acceptors (Lipinski definition) is 4. The Morgan fingerprint density at radius 2 is 2.22 bits per heavy atom. The summed E-state index contributed by atoms with van der Waals surface area (Å²) in [6.07, 6.45) is 4.21. The highest BCUT2D eigenvalue weighted by Gasteiger charge is 2.20. The van der Waals surface area contributed by atoms with Crippen LogP contribution in [0.25, 0.3) is 10.4 Å². The molecule has 2 heterocycles. The van der Waals surface area contributed by atoms with Crippen LogP contribution >= 0.6 is 0 Å². The molecule has 18 heavy (non-hydrogen) atoms. The Morgan fingerprint density at radius 3 is 2.89 bits per heavy atom. The second-order valence-corrected chi connectivity index (χ2v) is 4.10. The standard InChI is InChI=1S/C10H14N6O2/c1-15-7-8(9(13-15)12-14-11)18-10(17)16-5-3-2-4-6-16/h7H,2-6H2,1H3. The van der Waals surface area contributed by atoms with Gasteiger partial charge in [0.25, 0.3) is 0 Å². The van der Waals surface area contributed by atoms with E-state index in [4.69, 9.17) is 10.3 Å². The van der Waals surface area contributed by atoms with Crippen molar-refractivity contribution >= 4 is 11.9 Å². The number of amides is 1. The van der Waals surface area contributed by atoms with Crippen LogP contribution in [0.2, 0.25) is 0 Å². The lowest BCUT2D eigenvalue weighted by molar-refractivity contribution is 0.142. The molecule has 8 heteroatoms. The Bertz CT molecular complexity index is 485. The molecule has 1 aliphatic heterocycles. The molecule has 0 atom stereocenters. The summed E-state index contributed by atoms with van der Waals surface area (Å²) in [7, 11) is 1.66. The smallest absolute Gasteiger partial charge is 0.406 e. The van der Waals surface area contributed by atoms with E-state index in [2.05, 4.69) is 15.1 Å². The molecule has 0 radical (unpaired) electrons. The minimum Gasteiger partial charge on any atom is -0.406 e. The van der Waals surface area contributed by atoms with Crippen LogP contribution in [0.4, 0.5) is 10.6 Å². The van der Waals surface area contributed by atoms with Gasteiger partial charge in [0, 0.05) is 25.0 Å². The third-order valence-corrected chi connectivity index (χ3v) is 2.73. The van der Waals surface area contributed by atoms with E-state index in [1.165, 1.54) is 10.9 Å². The highest BCUT2D eigenvalue weighted by Crippen LogP contribution is 2.26. The van der Waals surface area contributed by atoms with Gasteiger partial charge in [-0.25, -0.2) is 4.79 Å². The molecule has 0 saturated carbocycles. The van der Waals surface area contributed by atoms with Crippen LogP contribution in [0.15, 0.2) is 11.3 Å². The van der Waals surface area contributed by atoms with Crippen molar-refractivity contribution in [1.82, 2.24) is 14.7 Å². The van der Waals surface area contributed by atoms with Crippen molar-refractivity contribution in [2.75, 3.05) is 13.1 Å². The zero-order valence-electron chi connectivity index (χ0n) is 10.1. The number of hydrogen-bond donors (Lipinski definition) is 0. The SMILES string of the molecule is Cn1cc(OC(=O)N2CCCCC2)c(N=[N+]=[N-])n1. The minimum absolute atomic E-state index is 0.0744. The lowest BCUT2D eigenvalue weighted by atomic mass is 10.1. The molecule has 0 bridgehead atoms. The minimum atomic E-state index is -0.419.